The van der Waals surface area contributed by atoms with E-state index in [0.717, 1.165) is 40.1 Å². The Labute approximate surface area is 744 Å². The van der Waals surface area contributed by atoms with E-state index in [2.05, 4.69) is 57.7 Å². The van der Waals surface area contributed by atoms with E-state index < -0.39 is 126 Å². The van der Waals surface area contributed by atoms with E-state index in [4.69, 9.17) is 53.0 Å². The van der Waals surface area contributed by atoms with Gasteiger partial charge in [0.2, 0.25) is 41.4 Å². The number of methoxy groups -OCH3 is 1. The van der Waals surface area contributed by atoms with Crippen LogP contribution in [0.3, 0.4) is 0 Å². The molecule has 0 radical (unpaired) electrons. The number of benzene rings is 4. The van der Waals surface area contributed by atoms with Crippen LogP contribution in [0.25, 0.3) is 33.5 Å². The number of pyridine rings is 1. The number of aryl methyl sites for hydroxylation is 1. The number of H-pyrrole nitrogens is 1. The molecule has 126 heavy (non-hydrogen) atoms. The third-order valence-corrected chi connectivity index (χ3v) is 23.0. The molecule has 0 aliphatic carbocycles. The van der Waals surface area contributed by atoms with Gasteiger partial charge in [0.05, 0.1) is 66.2 Å². The van der Waals surface area contributed by atoms with Crippen LogP contribution in [0.15, 0.2) is 91.1 Å². The number of fused-ring (bicyclic) bond motifs is 1. The van der Waals surface area contributed by atoms with Gasteiger partial charge in [0.25, 0.3) is 5.91 Å². The van der Waals surface area contributed by atoms with E-state index in [1.807, 2.05) is 64.1 Å². The van der Waals surface area contributed by atoms with E-state index in [-0.39, 0.29) is 111 Å². The van der Waals surface area contributed by atoms with E-state index in [1.54, 1.807) is 91.7 Å². The molecule has 35 heteroatoms. The lowest BCUT2D eigenvalue weighted by Gasteiger charge is -2.40. The number of piperidine rings is 1. The van der Waals surface area contributed by atoms with Gasteiger partial charge < -0.3 is 104 Å². The Morgan fingerprint density at radius 3 is 2.12 bits per heavy atom. The molecule has 1 aliphatic rings. The number of nitrogens with zero attached hydrogens (tertiary/aromatic N) is 6. The summed E-state index contributed by atoms with van der Waals surface area (Å²) in [5, 5.41) is 37.7. The van der Waals surface area contributed by atoms with Crippen molar-refractivity contribution in [2.45, 2.75) is 202 Å². The first-order valence-electron chi connectivity index (χ1n) is 43.9. The third kappa shape index (κ3) is 30.0. The molecule has 1 saturated heterocycles. The van der Waals surface area contributed by atoms with Gasteiger partial charge in [-0.05, 0) is 135 Å². The minimum atomic E-state index is -1.27. The zero-order valence-corrected chi connectivity index (χ0v) is 76.5. The lowest BCUT2D eigenvalue weighted by Crippen LogP contribution is -2.60. The summed E-state index contributed by atoms with van der Waals surface area (Å²) in [6, 6.07) is 17.0. The number of aromatic nitrogens is 3. The number of carbonyl (C=O) groups is 10. The van der Waals surface area contributed by atoms with Crippen molar-refractivity contribution in [3.05, 3.63) is 124 Å². The van der Waals surface area contributed by atoms with E-state index in [1.165, 1.54) is 49.4 Å². The highest BCUT2D eigenvalue weighted by Crippen LogP contribution is 2.44. The first kappa shape index (κ1) is 102. The quantitative estimate of drug-likeness (QED) is 0.0159. The van der Waals surface area contributed by atoms with Crippen LogP contribution in [0.5, 0.6) is 0 Å². The lowest BCUT2D eigenvalue weighted by atomic mass is 9.89. The molecular formula is C91H135ClFN19O14. The van der Waals surface area contributed by atoms with Crippen LogP contribution in [0.2, 0.25) is 5.02 Å². The van der Waals surface area contributed by atoms with Crippen molar-refractivity contribution in [1.82, 2.24) is 66.9 Å². The Kier molecular flexibility index (Phi) is 41.2. The van der Waals surface area contributed by atoms with Crippen molar-refractivity contribution in [2.24, 2.45) is 46.8 Å². The number of amides is 11. The molecule has 1 aliphatic heterocycles. The predicted octanol–water partition coefficient (Wildman–Crippen LogP) is 8.64. The zero-order valence-electron chi connectivity index (χ0n) is 75.7. The van der Waals surface area contributed by atoms with Gasteiger partial charge in [-0.25, -0.2) is 23.9 Å². The second-order valence-electron chi connectivity index (χ2n) is 33.7. The van der Waals surface area contributed by atoms with Crippen LogP contribution >= 0.6 is 11.6 Å². The lowest BCUT2D eigenvalue weighted by molar-refractivity contribution is -0.146. The summed E-state index contributed by atoms with van der Waals surface area (Å²) in [5.74, 6) is -5.57. The maximum absolute atomic E-state index is 15.1. The number of urea groups is 1. The Bertz CT molecular complexity index is 4570. The van der Waals surface area contributed by atoms with Gasteiger partial charge in [-0.1, -0.05) is 130 Å². The summed E-state index contributed by atoms with van der Waals surface area (Å²) in [7, 11) is 4.48. The molecule has 0 bridgehead atoms. The SMILES string of the molecule is CCCN(CC[C@@H](C)C(=O)N[C@H](C)[C@@H](O)c1ccccc1)C(=O)C[C@@H](OC)[C@H]([C@@H](C)CC)N(C)C(=O)[C@@H](NC(=O)[C@H](C(C)C)N(C)C(=O)OCc1ccc(NC(=O)[C@H](CCCNC(N)=O)NC(=O)[C@@H](NC(=O)CCOCCNCCNc2ncc(-c3cc(C)cc(F)c3)c(N3CCC(N)CC3)c2-c2nc3ccc(Cl)cc3[nH]2)C(C)C)cc1C(=O)NCCN)C(C)C. The first-order chi connectivity index (χ1) is 60.0. The molecular weight excluding hydrogens is 1640 g/mol. The number of halogens is 2. The van der Waals surface area contributed by atoms with Gasteiger partial charge in [0.15, 0.2) is 0 Å². The van der Waals surface area contributed by atoms with Crippen LogP contribution in [0.4, 0.5) is 31.2 Å². The zero-order chi connectivity index (χ0) is 92.6. The molecule has 0 unspecified atom stereocenters. The number of hydrogen-bond acceptors (Lipinski definition) is 21. The van der Waals surface area contributed by atoms with Crippen molar-refractivity contribution in [2.75, 3.05) is 115 Å². The van der Waals surface area contributed by atoms with Gasteiger partial charge >= 0.3 is 12.1 Å². The molecule has 3 heterocycles. The summed E-state index contributed by atoms with van der Waals surface area (Å²) in [4.78, 5) is 159. The highest BCUT2D eigenvalue weighted by Gasteiger charge is 2.41. The number of aliphatic hydroxyl groups excluding tert-OH is 1. The van der Waals surface area contributed by atoms with E-state index >= 15 is 4.39 Å². The Morgan fingerprint density at radius 2 is 1.47 bits per heavy atom. The van der Waals surface area contributed by atoms with Crippen molar-refractivity contribution in [3.63, 3.8) is 0 Å². The normalized spacial score (nSPS) is 14.8. The van der Waals surface area contributed by atoms with Crippen molar-refractivity contribution >= 4 is 99.2 Å². The second-order valence-corrected chi connectivity index (χ2v) is 34.1. The fourth-order valence-corrected chi connectivity index (χ4v) is 15.6. The Morgan fingerprint density at radius 1 is 0.754 bits per heavy atom. The molecule has 1 fully saturated rings. The number of primary amides is 1. The van der Waals surface area contributed by atoms with Crippen molar-refractivity contribution in [3.8, 4) is 22.5 Å². The number of likely N-dealkylation sites (N-methyl/N-ethyl adjacent to an activating group) is 2. The average Bonchev–Trinajstić information content (AvgIpc) is 1.40. The molecule has 692 valence electrons. The van der Waals surface area contributed by atoms with Gasteiger partial charge in [-0.15, -0.1) is 0 Å². The number of anilines is 3. The summed E-state index contributed by atoms with van der Waals surface area (Å²) in [6.07, 6.45) is 2.14. The first-order valence-corrected chi connectivity index (χ1v) is 44.2. The largest absolute Gasteiger partial charge is 0.445 e. The number of imidazole rings is 1. The number of aromatic amines is 1. The maximum Gasteiger partial charge on any atom is 0.410 e. The topological polar surface area (TPSA) is 459 Å². The number of ether oxygens (including phenoxy) is 3. The van der Waals surface area contributed by atoms with Gasteiger partial charge in [-0.3, -0.25) is 43.3 Å². The number of rotatable bonds is 50. The molecule has 17 N–H and O–H groups in total. The standard InChI is InChI=1S/C91H135ClFN19O14/c1-16-39-111(40-29-58(11)84(116)102-59(12)81(115)60-22-19-18-20-23-60)74(114)50-72(124-15)79(57(10)17-2)109(13)89(121)77(54(5)6)108-88(120)78(55(7)8)110(14)91(123)126-52-61-25-27-66(49-67(61)85(117)99-35-33-94)103-86(118)70(24-21-34-100-90(96)122)106-87(119)76(53(3)4)107-73(113)32-43-125-44-38-97-36-37-98-82-75(83-104-69-28-26-63(92)48-71(69)105-83)80(112-41-30-65(95)31-42-112)68(51-101-82)62-45-56(9)46-64(93)47-62/h18-20,22-23,25-28,45-49,51,53-55,57-59,65,70,72,76-79,81,97,115H,16-17,21,24,29-44,50,52,94-95H2,1-15H3,(H,98,101)(H,99,117)(H,102,116)(H,103,118)(H,104,105)(H,106,119)(H,107,113)(H,108,120)(H3,96,100,122)/t57-,58+,59+,70-,72+,76-,77-,78-,79-,81+/m0/s1. The molecule has 33 nitrogen and oxygen atoms in total. The van der Waals surface area contributed by atoms with Crippen molar-refractivity contribution in [1.29, 1.82) is 0 Å². The molecule has 7 rings (SSSR count). The molecule has 2 aromatic heterocycles. The summed E-state index contributed by atoms with van der Waals surface area (Å²) in [5.41, 5.74) is 23.6. The van der Waals surface area contributed by atoms with Crippen molar-refractivity contribution < 1.29 is 71.7 Å². The van der Waals surface area contributed by atoms with Crippen LogP contribution in [0, 0.1) is 42.3 Å². The smallest absolute Gasteiger partial charge is 0.410 e. The second kappa shape index (κ2) is 50.7. The van der Waals surface area contributed by atoms with Gasteiger partial charge in [0.1, 0.15) is 48.2 Å². The summed E-state index contributed by atoms with van der Waals surface area (Å²) < 4.78 is 32.9. The van der Waals surface area contributed by atoms with Gasteiger partial charge in [-0.2, -0.15) is 0 Å². The average molecular weight is 1770 g/mol. The van der Waals surface area contributed by atoms with Crippen LogP contribution in [-0.4, -0.2) is 242 Å². The number of aliphatic hydroxyl groups is 1. The Hall–Kier alpha value is -10.6. The van der Waals surface area contributed by atoms with E-state index in [9.17, 15) is 53.1 Å². The summed E-state index contributed by atoms with van der Waals surface area (Å²) in [6.45, 7) is 24.9. The monoisotopic (exact) mass is 1770 g/mol. The molecule has 11 amide bonds. The molecule has 4 aromatic carbocycles. The minimum Gasteiger partial charge on any atom is -0.445 e. The Balaban J connectivity index is 0.941. The third-order valence-electron chi connectivity index (χ3n) is 22.7. The minimum absolute atomic E-state index is 0.0152. The molecule has 0 saturated carbocycles. The number of carbonyl (C=O) groups excluding carboxylic acids is 10. The van der Waals surface area contributed by atoms with E-state index in [0.29, 0.717) is 97.4 Å². The highest BCUT2D eigenvalue weighted by molar-refractivity contribution is 6.31. The number of hydrogen-bond donors (Lipinski definition) is 14. The highest BCUT2D eigenvalue weighted by atomic mass is 35.5. The number of nitrogens with one attached hydrogen (secondary N) is 10. The molecule has 6 aromatic rings. The van der Waals surface area contributed by atoms with Crippen LogP contribution in [0.1, 0.15) is 167 Å². The van der Waals surface area contributed by atoms with Gasteiger partial charge in [0, 0.05) is 139 Å². The van der Waals surface area contributed by atoms with Crippen LogP contribution < -0.4 is 70.0 Å². The molecule has 0 spiro atoms. The predicted molar refractivity (Wildman–Crippen MR) is 487 cm³/mol. The summed E-state index contributed by atoms with van der Waals surface area (Å²) >= 11 is 6.42. The van der Waals surface area contributed by atoms with Crippen LogP contribution in [-0.2, 0) is 54.4 Å². The maximum atomic E-state index is 15.1. The fourth-order valence-electron chi connectivity index (χ4n) is 15.4. The fraction of sp³-hybridized carbons (Fsp3) is 0.560. The molecule has 10 atom stereocenters. The number of nitrogens with two attached hydrogens (primary N) is 3.